The zero-order chi connectivity index (χ0) is 21.2. The molecular formula is C19H28F3N3O3. The van der Waals surface area contributed by atoms with Crippen LogP contribution in [0, 0.1) is 5.92 Å². The minimum Gasteiger partial charge on any atom is -0.475 e. The lowest BCUT2D eigenvalue weighted by molar-refractivity contribution is -0.192. The smallest absolute Gasteiger partial charge is 0.475 e. The maximum Gasteiger partial charge on any atom is 0.490 e. The number of carboxylic acid groups (broad SMARTS) is 1. The number of nitrogens with two attached hydrogens (primary N) is 1. The van der Waals surface area contributed by atoms with Crippen molar-refractivity contribution in [3.05, 3.63) is 35.9 Å². The Kier molecular flexibility index (Phi) is 9.95. The molecule has 1 fully saturated rings. The van der Waals surface area contributed by atoms with Crippen LogP contribution >= 0.6 is 0 Å². The van der Waals surface area contributed by atoms with Gasteiger partial charge in [-0.15, -0.1) is 0 Å². The number of aliphatic carboxylic acids is 1. The Hall–Kier alpha value is -2.13. The largest absolute Gasteiger partial charge is 0.490 e. The van der Waals surface area contributed by atoms with Crippen molar-refractivity contribution >= 4 is 11.9 Å². The molecule has 1 saturated carbocycles. The fraction of sp³-hybridized carbons (Fsp3) is 0.579. The molecule has 0 spiro atoms. The van der Waals surface area contributed by atoms with E-state index in [1.165, 1.54) is 18.4 Å². The zero-order valence-electron chi connectivity index (χ0n) is 15.8. The minimum atomic E-state index is -5.08. The fourth-order valence-corrected chi connectivity index (χ4v) is 2.40. The standard InChI is InChI=1S/C17H27N3O.C2HF3O2/c1-2-16(17(21)20-11-14-8-9-14)19-12-15(18)10-13-6-4-3-5-7-13;3-2(4,5)1(6)7/h3-7,14-16,19H,2,8-12,18H2,1H3,(H,20,21);(H,6,7)/t15-,16+;/m1./s1. The number of hydrogen-bond donors (Lipinski definition) is 4. The number of carboxylic acids is 1. The Morgan fingerprint density at radius 2 is 1.82 bits per heavy atom. The first kappa shape index (κ1) is 23.9. The monoisotopic (exact) mass is 403 g/mol. The molecule has 2 atom stereocenters. The van der Waals surface area contributed by atoms with Crippen LogP contribution in [0.2, 0.25) is 0 Å². The van der Waals surface area contributed by atoms with E-state index in [4.69, 9.17) is 15.6 Å². The Labute approximate surface area is 162 Å². The van der Waals surface area contributed by atoms with Gasteiger partial charge in [0.05, 0.1) is 6.04 Å². The second-order valence-electron chi connectivity index (χ2n) is 6.81. The van der Waals surface area contributed by atoms with E-state index in [9.17, 15) is 18.0 Å². The third kappa shape index (κ3) is 10.3. The van der Waals surface area contributed by atoms with Crippen LogP contribution in [-0.2, 0) is 16.0 Å². The first-order valence-electron chi connectivity index (χ1n) is 9.24. The molecule has 9 heteroatoms. The molecular weight excluding hydrogens is 375 g/mol. The second-order valence-corrected chi connectivity index (χ2v) is 6.81. The lowest BCUT2D eigenvalue weighted by atomic mass is 10.1. The van der Waals surface area contributed by atoms with Crippen LogP contribution in [0.25, 0.3) is 0 Å². The molecule has 0 aromatic heterocycles. The van der Waals surface area contributed by atoms with Gasteiger partial charge >= 0.3 is 12.1 Å². The number of carbonyl (C=O) groups excluding carboxylic acids is 1. The number of nitrogens with one attached hydrogen (secondary N) is 2. The average molecular weight is 403 g/mol. The molecule has 0 radical (unpaired) electrons. The van der Waals surface area contributed by atoms with Crippen molar-refractivity contribution in [2.24, 2.45) is 11.7 Å². The molecule has 158 valence electrons. The molecule has 1 aromatic carbocycles. The minimum absolute atomic E-state index is 0.0256. The molecule has 1 amide bonds. The van der Waals surface area contributed by atoms with Crippen molar-refractivity contribution in [3.8, 4) is 0 Å². The summed E-state index contributed by atoms with van der Waals surface area (Å²) in [5.41, 5.74) is 7.38. The highest BCUT2D eigenvalue weighted by atomic mass is 19.4. The molecule has 0 heterocycles. The van der Waals surface area contributed by atoms with Gasteiger partial charge in [0.2, 0.25) is 5.91 Å². The first-order chi connectivity index (χ1) is 13.1. The summed E-state index contributed by atoms with van der Waals surface area (Å²) < 4.78 is 31.7. The van der Waals surface area contributed by atoms with E-state index in [2.05, 4.69) is 22.8 Å². The SMILES string of the molecule is CC[C@H](NC[C@H](N)Cc1ccccc1)C(=O)NCC1CC1.O=C(O)C(F)(F)F. The van der Waals surface area contributed by atoms with Gasteiger partial charge in [0.25, 0.3) is 0 Å². The molecule has 5 N–H and O–H groups in total. The molecule has 6 nitrogen and oxygen atoms in total. The number of benzene rings is 1. The van der Waals surface area contributed by atoms with Crippen LogP contribution in [0.5, 0.6) is 0 Å². The number of alkyl halides is 3. The van der Waals surface area contributed by atoms with E-state index in [-0.39, 0.29) is 18.0 Å². The first-order valence-corrected chi connectivity index (χ1v) is 9.24. The molecule has 2 rings (SSSR count). The highest BCUT2D eigenvalue weighted by Gasteiger charge is 2.38. The molecule has 28 heavy (non-hydrogen) atoms. The van der Waals surface area contributed by atoms with E-state index >= 15 is 0 Å². The van der Waals surface area contributed by atoms with Crippen molar-refractivity contribution in [2.75, 3.05) is 13.1 Å². The number of carbonyl (C=O) groups is 2. The normalized spacial score (nSPS) is 15.8. The van der Waals surface area contributed by atoms with E-state index in [1.54, 1.807) is 0 Å². The molecule has 1 aliphatic rings. The van der Waals surface area contributed by atoms with E-state index < -0.39 is 12.1 Å². The van der Waals surface area contributed by atoms with E-state index in [0.29, 0.717) is 12.5 Å². The third-order valence-electron chi connectivity index (χ3n) is 4.20. The Morgan fingerprint density at radius 1 is 1.25 bits per heavy atom. The van der Waals surface area contributed by atoms with Crippen molar-refractivity contribution < 1.29 is 27.9 Å². The summed E-state index contributed by atoms with van der Waals surface area (Å²) in [7, 11) is 0. The van der Waals surface area contributed by atoms with Crippen LogP contribution in [0.4, 0.5) is 13.2 Å². The summed E-state index contributed by atoms with van der Waals surface area (Å²) in [5.74, 6) is -1.93. The number of rotatable bonds is 9. The van der Waals surface area contributed by atoms with Gasteiger partial charge < -0.3 is 21.5 Å². The van der Waals surface area contributed by atoms with Gasteiger partial charge in [0.15, 0.2) is 0 Å². The van der Waals surface area contributed by atoms with Gasteiger partial charge in [-0.1, -0.05) is 37.3 Å². The molecule has 1 aromatic rings. The molecule has 0 bridgehead atoms. The van der Waals surface area contributed by atoms with Crippen molar-refractivity contribution in [2.45, 2.75) is 50.9 Å². The van der Waals surface area contributed by atoms with Crippen molar-refractivity contribution in [3.63, 3.8) is 0 Å². The molecule has 1 aliphatic carbocycles. The highest BCUT2D eigenvalue weighted by molar-refractivity contribution is 5.81. The maximum atomic E-state index is 12.1. The van der Waals surface area contributed by atoms with Crippen molar-refractivity contribution in [1.29, 1.82) is 0 Å². The summed E-state index contributed by atoms with van der Waals surface area (Å²) >= 11 is 0. The van der Waals surface area contributed by atoms with Crippen molar-refractivity contribution in [1.82, 2.24) is 10.6 Å². The summed E-state index contributed by atoms with van der Waals surface area (Å²) in [6, 6.07) is 10.1. The van der Waals surface area contributed by atoms with Gasteiger partial charge in [0, 0.05) is 19.1 Å². The van der Waals surface area contributed by atoms with Gasteiger partial charge in [-0.05, 0) is 37.2 Å². The summed E-state index contributed by atoms with van der Waals surface area (Å²) in [4.78, 5) is 21.0. The van der Waals surface area contributed by atoms with Crippen LogP contribution in [0.1, 0.15) is 31.7 Å². The predicted molar refractivity (Wildman–Crippen MR) is 99.6 cm³/mol. The predicted octanol–water partition coefficient (Wildman–Crippen LogP) is 2.08. The molecule has 0 unspecified atom stereocenters. The Bertz CT molecular complexity index is 607. The van der Waals surface area contributed by atoms with Gasteiger partial charge in [-0.3, -0.25) is 4.79 Å². The quantitative estimate of drug-likeness (QED) is 0.505. The number of halogens is 3. The summed E-state index contributed by atoms with van der Waals surface area (Å²) in [6.45, 7) is 3.51. The third-order valence-corrected chi connectivity index (χ3v) is 4.20. The second kappa shape index (κ2) is 11.7. The maximum absolute atomic E-state index is 12.1. The van der Waals surface area contributed by atoms with Gasteiger partial charge in [0.1, 0.15) is 0 Å². The highest BCUT2D eigenvalue weighted by Crippen LogP contribution is 2.27. The van der Waals surface area contributed by atoms with Crippen LogP contribution in [-0.4, -0.2) is 48.3 Å². The summed E-state index contributed by atoms with van der Waals surface area (Å²) in [5, 5.41) is 13.4. The van der Waals surface area contributed by atoms with Crippen LogP contribution in [0.3, 0.4) is 0 Å². The Balaban J connectivity index is 0.000000480. The van der Waals surface area contributed by atoms with Gasteiger partial charge in [-0.2, -0.15) is 13.2 Å². The molecule has 0 aliphatic heterocycles. The fourth-order valence-electron chi connectivity index (χ4n) is 2.40. The van der Waals surface area contributed by atoms with Gasteiger partial charge in [-0.25, -0.2) is 4.79 Å². The lowest BCUT2D eigenvalue weighted by Gasteiger charge is -2.19. The van der Waals surface area contributed by atoms with Crippen LogP contribution < -0.4 is 16.4 Å². The number of amides is 1. The lowest BCUT2D eigenvalue weighted by Crippen LogP contribution is -2.48. The topological polar surface area (TPSA) is 104 Å². The summed E-state index contributed by atoms with van der Waals surface area (Å²) in [6.07, 6.45) is -0.957. The Morgan fingerprint density at radius 3 is 2.29 bits per heavy atom. The van der Waals surface area contributed by atoms with E-state index in [0.717, 1.165) is 19.4 Å². The zero-order valence-corrected chi connectivity index (χ0v) is 15.8. The van der Waals surface area contributed by atoms with Crippen LogP contribution in [0.15, 0.2) is 30.3 Å². The van der Waals surface area contributed by atoms with E-state index in [1.807, 2.05) is 25.1 Å². The average Bonchev–Trinajstić information content (AvgIpc) is 3.45. The molecule has 0 saturated heterocycles. The number of hydrogen-bond acceptors (Lipinski definition) is 4.